The SMILES string of the molecule is O=C(NCCCO)c1ccc(F)c([N+](=O)[O-])c1. The van der Waals surface area contributed by atoms with Crippen LogP contribution in [0.25, 0.3) is 0 Å². The molecule has 0 atom stereocenters. The Kier molecular flexibility index (Phi) is 4.53. The number of rotatable bonds is 5. The normalized spacial score (nSPS) is 10.0. The molecular formula is C10H11FN2O4. The van der Waals surface area contributed by atoms with Crippen molar-refractivity contribution < 1.29 is 19.2 Å². The van der Waals surface area contributed by atoms with Gasteiger partial charge in [-0.25, -0.2) is 0 Å². The number of nitro benzene ring substituents is 1. The first kappa shape index (κ1) is 13.0. The number of hydrogen-bond donors (Lipinski definition) is 2. The second kappa shape index (κ2) is 5.90. The predicted octanol–water partition coefficient (Wildman–Crippen LogP) is 0.846. The van der Waals surface area contributed by atoms with E-state index in [9.17, 15) is 19.3 Å². The molecule has 0 radical (unpaired) electrons. The minimum atomic E-state index is -0.984. The molecule has 0 aliphatic heterocycles. The molecule has 0 spiro atoms. The van der Waals surface area contributed by atoms with Crippen molar-refractivity contribution in [3.05, 3.63) is 39.7 Å². The van der Waals surface area contributed by atoms with Gasteiger partial charge in [-0.05, 0) is 18.6 Å². The van der Waals surface area contributed by atoms with Crippen LogP contribution in [-0.4, -0.2) is 29.1 Å². The van der Waals surface area contributed by atoms with Crippen LogP contribution in [0.4, 0.5) is 10.1 Å². The van der Waals surface area contributed by atoms with Crippen LogP contribution in [-0.2, 0) is 0 Å². The average Bonchev–Trinajstić information content (AvgIpc) is 2.29. The zero-order valence-corrected chi connectivity index (χ0v) is 8.85. The van der Waals surface area contributed by atoms with Gasteiger partial charge >= 0.3 is 5.69 Å². The molecular weight excluding hydrogens is 231 g/mol. The van der Waals surface area contributed by atoms with Gasteiger partial charge in [0.05, 0.1) is 4.92 Å². The molecule has 6 nitrogen and oxygen atoms in total. The van der Waals surface area contributed by atoms with Gasteiger partial charge in [0.2, 0.25) is 5.82 Å². The Balaban J connectivity index is 2.81. The third-order valence-electron chi connectivity index (χ3n) is 2.03. The summed E-state index contributed by atoms with van der Waals surface area (Å²) >= 11 is 0. The summed E-state index contributed by atoms with van der Waals surface area (Å²) in [5, 5.41) is 21.4. The zero-order chi connectivity index (χ0) is 12.8. The Morgan fingerprint density at radius 2 is 2.24 bits per heavy atom. The quantitative estimate of drug-likeness (QED) is 0.454. The van der Waals surface area contributed by atoms with E-state index in [1.165, 1.54) is 0 Å². The Morgan fingerprint density at radius 3 is 2.82 bits per heavy atom. The van der Waals surface area contributed by atoms with Crippen LogP contribution in [0.3, 0.4) is 0 Å². The van der Waals surface area contributed by atoms with Gasteiger partial charge in [0.1, 0.15) is 0 Å². The predicted molar refractivity (Wildman–Crippen MR) is 57.1 cm³/mol. The molecule has 0 aliphatic carbocycles. The maximum absolute atomic E-state index is 13.0. The van der Waals surface area contributed by atoms with E-state index in [2.05, 4.69) is 5.32 Å². The number of aliphatic hydroxyl groups is 1. The average molecular weight is 242 g/mol. The Morgan fingerprint density at radius 1 is 1.53 bits per heavy atom. The fourth-order valence-corrected chi connectivity index (χ4v) is 1.18. The molecule has 1 amide bonds. The molecule has 1 rings (SSSR count). The molecule has 0 aliphatic rings. The van der Waals surface area contributed by atoms with Crippen LogP contribution in [0.2, 0.25) is 0 Å². The van der Waals surface area contributed by atoms with E-state index in [1.807, 2.05) is 0 Å². The molecule has 0 saturated carbocycles. The maximum Gasteiger partial charge on any atom is 0.305 e. The number of nitrogens with zero attached hydrogens (tertiary/aromatic N) is 1. The van der Waals surface area contributed by atoms with Gasteiger partial charge in [0.25, 0.3) is 5.91 Å². The standard InChI is InChI=1S/C10H11FN2O4/c11-8-3-2-7(6-9(8)13(16)17)10(15)12-4-1-5-14/h2-3,6,14H,1,4-5H2,(H,12,15). The minimum Gasteiger partial charge on any atom is -0.396 e. The maximum atomic E-state index is 13.0. The Bertz CT molecular complexity index is 436. The molecule has 0 aromatic heterocycles. The number of nitro groups is 1. The van der Waals surface area contributed by atoms with E-state index in [0.29, 0.717) is 6.42 Å². The van der Waals surface area contributed by atoms with E-state index in [1.54, 1.807) is 0 Å². The molecule has 0 fully saturated rings. The van der Waals surface area contributed by atoms with E-state index >= 15 is 0 Å². The highest BCUT2D eigenvalue weighted by molar-refractivity contribution is 5.94. The summed E-state index contributed by atoms with van der Waals surface area (Å²) in [6.07, 6.45) is 0.384. The van der Waals surface area contributed by atoms with Crippen molar-refractivity contribution in [2.45, 2.75) is 6.42 Å². The number of aliphatic hydroxyl groups excluding tert-OH is 1. The van der Waals surface area contributed by atoms with Crippen LogP contribution >= 0.6 is 0 Å². The lowest BCUT2D eigenvalue weighted by atomic mass is 10.2. The van der Waals surface area contributed by atoms with Gasteiger partial charge in [-0.15, -0.1) is 0 Å². The molecule has 1 aromatic carbocycles. The Hall–Kier alpha value is -2.02. The van der Waals surface area contributed by atoms with Gasteiger partial charge in [-0.3, -0.25) is 14.9 Å². The lowest BCUT2D eigenvalue weighted by Gasteiger charge is -2.04. The van der Waals surface area contributed by atoms with Crippen molar-refractivity contribution in [3.63, 3.8) is 0 Å². The van der Waals surface area contributed by atoms with E-state index < -0.39 is 22.3 Å². The van der Waals surface area contributed by atoms with E-state index in [4.69, 9.17) is 5.11 Å². The number of nitrogens with one attached hydrogen (secondary N) is 1. The smallest absolute Gasteiger partial charge is 0.305 e. The largest absolute Gasteiger partial charge is 0.396 e. The number of halogens is 1. The molecule has 1 aromatic rings. The summed E-state index contributed by atoms with van der Waals surface area (Å²) < 4.78 is 13.0. The number of benzene rings is 1. The first-order chi connectivity index (χ1) is 8.06. The molecule has 17 heavy (non-hydrogen) atoms. The first-order valence-corrected chi connectivity index (χ1v) is 4.89. The number of hydrogen-bond acceptors (Lipinski definition) is 4. The lowest BCUT2D eigenvalue weighted by Crippen LogP contribution is -2.25. The van der Waals surface area contributed by atoms with Crippen LogP contribution in [0.1, 0.15) is 16.8 Å². The van der Waals surface area contributed by atoms with Gasteiger partial charge in [-0.1, -0.05) is 0 Å². The van der Waals surface area contributed by atoms with E-state index in [-0.39, 0.29) is 18.7 Å². The fraction of sp³-hybridized carbons (Fsp3) is 0.300. The number of carbonyl (C=O) groups is 1. The summed E-state index contributed by atoms with van der Waals surface area (Å²) in [5.41, 5.74) is -0.726. The van der Waals surface area contributed by atoms with Gasteiger partial charge < -0.3 is 10.4 Å². The van der Waals surface area contributed by atoms with Crippen LogP contribution in [0.15, 0.2) is 18.2 Å². The van der Waals surface area contributed by atoms with Crippen molar-refractivity contribution >= 4 is 11.6 Å². The molecule has 7 heteroatoms. The van der Waals surface area contributed by atoms with Crippen molar-refractivity contribution in [1.82, 2.24) is 5.32 Å². The van der Waals surface area contributed by atoms with Crippen molar-refractivity contribution in [3.8, 4) is 0 Å². The third kappa shape index (κ3) is 3.49. The molecule has 0 unspecified atom stereocenters. The summed E-state index contributed by atoms with van der Waals surface area (Å²) in [6, 6.07) is 2.92. The highest BCUT2D eigenvalue weighted by Gasteiger charge is 2.17. The Labute approximate surface area is 96.2 Å². The highest BCUT2D eigenvalue weighted by Crippen LogP contribution is 2.18. The summed E-state index contributed by atoms with van der Waals surface area (Å²) in [7, 11) is 0. The molecule has 0 saturated heterocycles. The lowest BCUT2D eigenvalue weighted by molar-refractivity contribution is -0.387. The van der Waals surface area contributed by atoms with Crippen molar-refractivity contribution in [2.75, 3.05) is 13.2 Å². The van der Waals surface area contributed by atoms with Crippen LogP contribution in [0.5, 0.6) is 0 Å². The van der Waals surface area contributed by atoms with Gasteiger partial charge in [-0.2, -0.15) is 4.39 Å². The second-order valence-corrected chi connectivity index (χ2v) is 3.26. The third-order valence-corrected chi connectivity index (χ3v) is 2.03. The topological polar surface area (TPSA) is 92.5 Å². The summed E-state index contributed by atoms with van der Waals surface area (Å²) in [6.45, 7) is 0.185. The zero-order valence-electron chi connectivity index (χ0n) is 8.85. The molecule has 0 bridgehead atoms. The fourth-order valence-electron chi connectivity index (χ4n) is 1.18. The van der Waals surface area contributed by atoms with Crippen molar-refractivity contribution in [1.29, 1.82) is 0 Å². The van der Waals surface area contributed by atoms with Gasteiger partial charge in [0, 0.05) is 24.8 Å². The van der Waals surface area contributed by atoms with Crippen LogP contribution in [0, 0.1) is 15.9 Å². The summed E-state index contributed by atoms with van der Waals surface area (Å²) in [4.78, 5) is 21.0. The number of carbonyl (C=O) groups excluding carboxylic acids is 1. The highest BCUT2D eigenvalue weighted by atomic mass is 19.1. The van der Waals surface area contributed by atoms with E-state index in [0.717, 1.165) is 18.2 Å². The monoisotopic (exact) mass is 242 g/mol. The van der Waals surface area contributed by atoms with Gasteiger partial charge in [0.15, 0.2) is 0 Å². The first-order valence-electron chi connectivity index (χ1n) is 4.89. The molecule has 92 valence electrons. The molecule has 0 heterocycles. The minimum absolute atomic E-state index is 0.0102. The number of amides is 1. The molecule has 2 N–H and O–H groups in total. The van der Waals surface area contributed by atoms with Crippen molar-refractivity contribution in [2.24, 2.45) is 0 Å². The summed E-state index contributed by atoms with van der Waals surface area (Å²) in [5.74, 6) is -1.52. The van der Waals surface area contributed by atoms with Crippen LogP contribution < -0.4 is 5.32 Å². The second-order valence-electron chi connectivity index (χ2n) is 3.26.